The van der Waals surface area contributed by atoms with E-state index in [0.29, 0.717) is 11.6 Å². The summed E-state index contributed by atoms with van der Waals surface area (Å²) >= 11 is 0. The molecule has 150 valence electrons. The number of hydrogen-bond donors (Lipinski definition) is 2. The second-order valence-electron chi connectivity index (χ2n) is 6.88. The van der Waals surface area contributed by atoms with Crippen LogP contribution in [-0.2, 0) is 4.79 Å². The maximum Gasteiger partial charge on any atom is 0.243 e. The van der Waals surface area contributed by atoms with Gasteiger partial charge in [0.25, 0.3) is 0 Å². The number of terminal acetylenes is 1. The number of rotatable bonds is 5. The van der Waals surface area contributed by atoms with Crippen LogP contribution in [0.5, 0.6) is 5.75 Å². The third-order valence-electron chi connectivity index (χ3n) is 5.01. The quantitative estimate of drug-likeness (QED) is 0.468. The van der Waals surface area contributed by atoms with Crippen molar-refractivity contribution in [2.45, 2.75) is 12.3 Å². The predicted molar refractivity (Wildman–Crippen MR) is 116 cm³/mol. The Hall–Kier alpha value is -3.46. The average Bonchev–Trinajstić information content (AvgIpc) is 3.24. The van der Waals surface area contributed by atoms with Crippen molar-refractivity contribution in [3.63, 3.8) is 0 Å². The molecule has 0 spiro atoms. The fourth-order valence-corrected chi connectivity index (χ4v) is 3.48. The summed E-state index contributed by atoms with van der Waals surface area (Å²) in [5.41, 5.74) is 2.70. The minimum Gasteiger partial charge on any atom is -0.497 e. The van der Waals surface area contributed by atoms with Crippen LogP contribution in [0.1, 0.15) is 23.5 Å². The van der Waals surface area contributed by atoms with Crippen LogP contribution in [-0.4, -0.2) is 50.6 Å². The van der Waals surface area contributed by atoms with Gasteiger partial charge in [0.15, 0.2) is 5.96 Å². The molecular formula is C23H26N4O2. The number of carbonyl (C=O) groups is 1. The third kappa shape index (κ3) is 5.29. The van der Waals surface area contributed by atoms with Gasteiger partial charge in [0.2, 0.25) is 5.91 Å². The van der Waals surface area contributed by atoms with Crippen LogP contribution < -0.4 is 15.4 Å². The number of ether oxygens (including phenoxy) is 1. The van der Waals surface area contributed by atoms with Crippen LogP contribution in [0, 0.1) is 12.3 Å². The second-order valence-corrected chi connectivity index (χ2v) is 6.88. The first-order chi connectivity index (χ1) is 14.1. The molecule has 2 aromatic carbocycles. The lowest BCUT2D eigenvalue weighted by Crippen LogP contribution is -2.43. The van der Waals surface area contributed by atoms with Crippen molar-refractivity contribution in [2.24, 2.45) is 4.99 Å². The zero-order valence-electron chi connectivity index (χ0n) is 16.8. The second kappa shape index (κ2) is 9.65. The molecule has 0 aliphatic carbocycles. The third-order valence-corrected chi connectivity index (χ3v) is 5.01. The predicted octanol–water partition coefficient (Wildman–Crippen LogP) is 2.68. The van der Waals surface area contributed by atoms with Crippen molar-refractivity contribution in [3.8, 4) is 18.1 Å². The van der Waals surface area contributed by atoms with Crippen molar-refractivity contribution in [2.75, 3.05) is 39.1 Å². The van der Waals surface area contributed by atoms with Gasteiger partial charge in [-0.25, -0.2) is 0 Å². The van der Waals surface area contributed by atoms with Crippen LogP contribution in [0.4, 0.5) is 5.69 Å². The van der Waals surface area contributed by atoms with Crippen LogP contribution in [0.2, 0.25) is 0 Å². The summed E-state index contributed by atoms with van der Waals surface area (Å²) < 4.78 is 5.23. The Morgan fingerprint density at radius 2 is 2.10 bits per heavy atom. The van der Waals surface area contributed by atoms with E-state index in [4.69, 9.17) is 11.2 Å². The van der Waals surface area contributed by atoms with Gasteiger partial charge >= 0.3 is 0 Å². The van der Waals surface area contributed by atoms with Gasteiger partial charge in [-0.3, -0.25) is 9.79 Å². The fourth-order valence-electron chi connectivity index (χ4n) is 3.48. The Morgan fingerprint density at radius 1 is 1.31 bits per heavy atom. The summed E-state index contributed by atoms with van der Waals surface area (Å²) in [5.74, 6) is 4.44. The van der Waals surface area contributed by atoms with E-state index in [-0.39, 0.29) is 12.5 Å². The normalized spacial score (nSPS) is 16.2. The Bertz CT molecular complexity index is 915. The number of likely N-dealkylation sites (tertiary alicyclic amines) is 1. The number of carbonyl (C=O) groups excluding carboxylic acids is 1. The maximum absolute atomic E-state index is 12.3. The number of nitrogens with one attached hydrogen (secondary N) is 2. The summed E-state index contributed by atoms with van der Waals surface area (Å²) in [7, 11) is 3.40. The van der Waals surface area contributed by atoms with Crippen molar-refractivity contribution < 1.29 is 9.53 Å². The minimum atomic E-state index is -0.147. The van der Waals surface area contributed by atoms with E-state index in [1.54, 1.807) is 20.2 Å². The number of hydrogen-bond acceptors (Lipinski definition) is 3. The molecule has 1 amide bonds. The summed E-state index contributed by atoms with van der Waals surface area (Å²) in [6.07, 6.45) is 6.44. The molecule has 0 radical (unpaired) electrons. The molecule has 2 N–H and O–H groups in total. The van der Waals surface area contributed by atoms with Gasteiger partial charge in [0.05, 0.1) is 13.7 Å². The average molecular weight is 390 g/mol. The highest BCUT2D eigenvalue weighted by Crippen LogP contribution is 2.28. The summed E-state index contributed by atoms with van der Waals surface area (Å²) in [4.78, 5) is 18.8. The molecule has 1 heterocycles. The number of methoxy groups -OCH3 is 1. The molecule has 1 saturated heterocycles. The molecule has 2 aromatic rings. The van der Waals surface area contributed by atoms with Crippen LogP contribution in [0.15, 0.2) is 53.5 Å². The highest BCUT2D eigenvalue weighted by atomic mass is 16.5. The van der Waals surface area contributed by atoms with Gasteiger partial charge in [-0.15, -0.1) is 6.42 Å². The zero-order chi connectivity index (χ0) is 20.6. The Kier molecular flexibility index (Phi) is 6.75. The van der Waals surface area contributed by atoms with E-state index in [1.165, 1.54) is 5.56 Å². The molecule has 6 nitrogen and oxygen atoms in total. The van der Waals surface area contributed by atoms with Gasteiger partial charge in [-0.05, 0) is 42.3 Å². The molecule has 29 heavy (non-hydrogen) atoms. The van der Waals surface area contributed by atoms with E-state index < -0.39 is 0 Å². The Morgan fingerprint density at radius 3 is 2.79 bits per heavy atom. The van der Waals surface area contributed by atoms with Gasteiger partial charge in [-0.1, -0.05) is 24.1 Å². The first-order valence-corrected chi connectivity index (χ1v) is 9.59. The topological polar surface area (TPSA) is 66.0 Å². The van der Waals surface area contributed by atoms with Crippen molar-refractivity contribution in [1.29, 1.82) is 0 Å². The van der Waals surface area contributed by atoms with E-state index in [9.17, 15) is 4.79 Å². The molecule has 6 heteroatoms. The van der Waals surface area contributed by atoms with E-state index in [1.807, 2.05) is 30.3 Å². The molecule has 1 aliphatic heterocycles. The first-order valence-electron chi connectivity index (χ1n) is 9.59. The van der Waals surface area contributed by atoms with Crippen molar-refractivity contribution in [1.82, 2.24) is 10.2 Å². The molecule has 0 bridgehead atoms. The molecule has 0 aromatic heterocycles. The van der Waals surface area contributed by atoms with Gasteiger partial charge in [-0.2, -0.15) is 0 Å². The van der Waals surface area contributed by atoms with Gasteiger partial charge in [0, 0.05) is 37.3 Å². The standard InChI is InChI=1S/C23H26N4O2/c1-4-17-6-5-7-20(14-17)26-22(28)15-25-23(24-2)27-13-12-19(16-27)18-8-10-21(29-3)11-9-18/h1,5-11,14,19H,12-13,15-16H2,2-3H3,(H,24,25)(H,26,28). The number of guanidine groups is 1. The molecule has 1 unspecified atom stereocenters. The summed E-state index contributed by atoms with van der Waals surface area (Å²) in [6, 6.07) is 15.4. The van der Waals surface area contributed by atoms with Crippen molar-refractivity contribution >= 4 is 17.6 Å². The van der Waals surface area contributed by atoms with Crippen molar-refractivity contribution in [3.05, 3.63) is 59.7 Å². The summed E-state index contributed by atoms with van der Waals surface area (Å²) in [5, 5.41) is 6.00. The first kappa shape index (κ1) is 20.3. The number of nitrogens with zero attached hydrogens (tertiary/aromatic N) is 2. The molecular weight excluding hydrogens is 364 g/mol. The van der Waals surface area contributed by atoms with Gasteiger partial charge in [0.1, 0.15) is 5.75 Å². The van der Waals surface area contributed by atoms with Crippen LogP contribution in [0.3, 0.4) is 0 Å². The summed E-state index contributed by atoms with van der Waals surface area (Å²) in [6.45, 7) is 1.89. The number of anilines is 1. The highest BCUT2D eigenvalue weighted by molar-refractivity contribution is 5.95. The fraction of sp³-hybridized carbons (Fsp3) is 0.304. The lowest BCUT2D eigenvalue weighted by Gasteiger charge is -2.21. The van der Waals surface area contributed by atoms with E-state index in [2.05, 4.69) is 38.6 Å². The smallest absolute Gasteiger partial charge is 0.243 e. The number of amides is 1. The maximum atomic E-state index is 12.3. The minimum absolute atomic E-state index is 0.136. The molecule has 1 aliphatic rings. The van der Waals surface area contributed by atoms with Crippen LogP contribution in [0.25, 0.3) is 0 Å². The SMILES string of the molecule is C#Cc1cccc(NC(=O)CNC(=NC)N2CCC(c3ccc(OC)cc3)C2)c1. The molecule has 0 saturated carbocycles. The highest BCUT2D eigenvalue weighted by Gasteiger charge is 2.26. The Labute approximate surface area is 172 Å². The molecule has 3 rings (SSSR count). The zero-order valence-corrected chi connectivity index (χ0v) is 16.8. The molecule has 1 atom stereocenters. The Balaban J connectivity index is 1.52. The van der Waals surface area contributed by atoms with E-state index >= 15 is 0 Å². The molecule has 1 fully saturated rings. The van der Waals surface area contributed by atoms with Gasteiger partial charge < -0.3 is 20.3 Å². The lowest BCUT2D eigenvalue weighted by atomic mass is 9.98. The monoisotopic (exact) mass is 390 g/mol. The number of aliphatic imine (C=N–C) groups is 1. The van der Waals surface area contributed by atoms with E-state index in [0.717, 1.165) is 36.8 Å². The number of benzene rings is 2. The largest absolute Gasteiger partial charge is 0.497 e. The van der Waals surface area contributed by atoms with Crippen LogP contribution >= 0.6 is 0 Å². The lowest BCUT2D eigenvalue weighted by molar-refractivity contribution is -0.115.